The van der Waals surface area contributed by atoms with Gasteiger partial charge in [0.1, 0.15) is 5.76 Å². The third-order valence-corrected chi connectivity index (χ3v) is 4.45. The molecular formula is C19H20N4O3. The van der Waals surface area contributed by atoms with Crippen LogP contribution in [0.3, 0.4) is 0 Å². The highest BCUT2D eigenvalue weighted by atomic mass is 16.5. The van der Waals surface area contributed by atoms with Gasteiger partial charge in [0.05, 0.1) is 44.2 Å². The smallest absolute Gasteiger partial charge is 0.230 e. The molecule has 0 saturated heterocycles. The molecule has 7 nitrogen and oxygen atoms in total. The van der Waals surface area contributed by atoms with Gasteiger partial charge in [0.2, 0.25) is 5.91 Å². The predicted octanol–water partition coefficient (Wildman–Crippen LogP) is 2.04. The number of furan rings is 1. The summed E-state index contributed by atoms with van der Waals surface area (Å²) in [5.74, 6) is 0.689. The molecule has 0 radical (unpaired) electrons. The van der Waals surface area contributed by atoms with E-state index in [0.29, 0.717) is 32.0 Å². The summed E-state index contributed by atoms with van der Waals surface area (Å²) in [4.78, 5) is 18.6. The molecule has 0 aliphatic carbocycles. The number of pyridine rings is 1. The maximum absolute atomic E-state index is 12.7. The van der Waals surface area contributed by atoms with Gasteiger partial charge in [-0.25, -0.2) is 0 Å². The zero-order chi connectivity index (χ0) is 17.8. The second-order valence-electron chi connectivity index (χ2n) is 6.32. The number of fused-ring (bicyclic) bond motifs is 1. The fraction of sp³-hybridized carbons (Fsp3) is 0.316. The van der Waals surface area contributed by atoms with Crippen LogP contribution in [0.1, 0.15) is 17.0 Å². The van der Waals surface area contributed by atoms with E-state index in [2.05, 4.69) is 10.1 Å². The van der Waals surface area contributed by atoms with Crippen molar-refractivity contribution < 1.29 is 13.9 Å². The summed E-state index contributed by atoms with van der Waals surface area (Å²) in [5, 5.41) is 4.36. The SMILES string of the molecule is O=C(Cc1ccco1)N1Cc2ccnn2CC(OCc2ccncc2)C1. The van der Waals surface area contributed by atoms with Crippen molar-refractivity contribution in [1.82, 2.24) is 19.7 Å². The molecule has 0 bridgehead atoms. The number of rotatable bonds is 5. The van der Waals surface area contributed by atoms with Crippen LogP contribution >= 0.6 is 0 Å². The molecule has 3 aromatic heterocycles. The minimum atomic E-state index is -0.134. The van der Waals surface area contributed by atoms with Gasteiger partial charge >= 0.3 is 0 Å². The van der Waals surface area contributed by atoms with E-state index >= 15 is 0 Å². The summed E-state index contributed by atoms with van der Waals surface area (Å²) in [6, 6.07) is 9.41. The van der Waals surface area contributed by atoms with E-state index in [4.69, 9.17) is 9.15 Å². The van der Waals surface area contributed by atoms with Gasteiger partial charge in [-0.05, 0) is 35.9 Å². The number of amides is 1. The molecular weight excluding hydrogens is 332 g/mol. The van der Waals surface area contributed by atoms with Crippen LogP contribution in [-0.2, 0) is 35.6 Å². The summed E-state index contributed by atoms with van der Waals surface area (Å²) in [7, 11) is 0. The molecule has 4 rings (SSSR count). The quantitative estimate of drug-likeness (QED) is 0.703. The zero-order valence-electron chi connectivity index (χ0n) is 14.3. The molecule has 0 N–H and O–H groups in total. The van der Waals surface area contributed by atoms with Gasteiger partial charge in [-0.1, -0.05) is 0 Å². The molecule has 4 heterocycles. The summed E-state index contributed by atoms with van der Waals surface area (Å²) in [6.07, 6.45) is 6.95. The topological polar surface area (TPSA) is 73.4 Å². The van der Waals surface area contributed by atoms with Gasteiger partial charge in [0.15, 0.2) is 0 Å². The van der Waals surface area contributed by atoms with E-state index in [1.165, 1.54) is 0 Å². The average molecular weight is 352 g/mol. The lowest BCUT2D eigenvalue weighted by Gasteiger charge is -2.24. The van der Waals surface area contributed by atoms with Crippen molar-refractivity contribution in [2.75, 3.05) is 6.54 Å². The van der Waals surface area contributed by atoms with Crippen molar-refractivity contribution in [3.05, 3.63) is 72.2 Å². The summed E-state index contributed by atoms with van der Waals surface area (Å²) in [5.41, 5.74) is 2.06. The lowest BCUT2D eigenvalue weighted by Crippen LogP contribution is -2.38. The number of carbonyl (C=O) groups excluding carboxylic acids is 1. The Morgan fingerprint density at radius 1 is 1.19 bits per heavy atom. The lowest BCUT2D eigenvalue weighted by atomic mass is 10.2. The molecule has 1 aliphatic rings. The molecule has 0 fully saturated rings. The Bertz CT molecular complexity index is 845. The van der Waals surface area contributed by atoms with Gasteiger partial charge in [-0.2, -0.15) is 5.10 Å². The Morgan fingerprint density at radius 3 is 2.88 bits per heavy atom. The Labute approximate surface area is 151 Å². The monoisotopic (exact) mass is 352 g/mol. The van der Waals surface area contributed by atoms with E-state index in [1.807, 2.05) is 33.8 Å². The third-order valence-electron chi connectivity index (χ3n) is 4.45. The number of hydrogen-bond acceptors (Lipinski definition) is 5. The van der Waals surface area contributed by atoms with Crippen LogP contribution in [0, 0.1) is 0 Å². The molecule has 0 saturated carbocycles. The first kappa shape index (κ1) is 16.5. The van der Waals surface area contributed by atoms with E-state index in [-0.39, 0.29) is 18.4 Å². The minimum Gasteiger partial charge on any atom is -0.469 e. The molecule has 0 spiro atoms. The van der Waals surface area contributed by atoms with Gasteiger partial charge in [-0.3, -0.25) is 14.5 Å². The Balaban J connectivity index is 1.47. The second kappa shape index (κ2) is 7.53. The normalized spacial score (nSPS) is 16.9. The van der Waals surface area contributed by atoms with Crippen molar-refractivity contribution in [3.8, 4) is 0 Å². The highest BCUT2D eigenvalue weighted by Gasteiger charge is 2.26. The molecule has 134 valence electrons. The van der Waals surface area contributed by atoms with Crippen molar-refractivity contribution in [2.24, 2.45) is 0 Å². The van der Waals surface area contributed by atoms with Crippen molar-refractivity contribution >= 4 is 5.91 Å². The van der Waals surface area contributed by atoms with Gasteiger partial charge in [0.25, 0.3) is 0 Å². The van der Waals surface area contributed by atoms with Crippen LogP contribution in [0.2, 0.25) is 0 Å². The summed E-state index contributed by atoms with van der Waals surface area (Å²) >= 11 is 0. The molecule has 1 amide bonds. The fourth-order valence-corrected chi connectivity index (χ4v) is 3.08. The molecule has 26 heavy (non-hydrogen) atoms. The van der Waals surface area contributed by atoms with Crippen LogP contribution in [0.4, 0.5) is 0 Å². The predicted molar refractivity (Wildman–Crippen MR) is 92.9 cm³/mol. The molecule has 0 aromatic carbocycles. The number of carbonyl (C=O) groups is 1. The fourth-order valence-electron chi connectivity index (χ4n) is 3.08. The first-order chi connectivity index (χ1) is 12.8. The highest BCUT2D eigenvalue weighted by Crippen LogP contribution is 2.16. The molecule has 1 atom stereocenters. The maximum Gasteiger partial charge on any atom is 0.230 e. The highest BCUT2D eigenvalue weighted by molar-refractivity contribution is 5.78. The average Bonchev–Trinajstić information content (AvgIpc) is 3.29. The molecule has 1 aliphatic heterocycles. The Hall–Kier alpha value is -2.93. The number of hydrogen-bond donors (Lipinski definition) is 0. The number of nitrogens with zero attached hydrogens (tertiary/aromatic N) is 4. The van der Waals surface area contributed by atoms with Crippen LogP contribution in [0.25, 0.3) is 0 Å². The molecule has 3 aromatic rings. The Morgan fingerprint density at radius 2 is 2.08 bits per heavy atom. The lowest BCUT2D eigenvalue weighted by molar-refractivity contribution is -0.133. The zero-order valence-corrected chi connectivity index (χ0v) is 14.3. The maximum atomic E-state index is 12.7. The van der Waals surface area contributed by atoms with E-state index in [1.54, 1.807) is 30.9 Å². The van der Waals surface area contributed by atoms with E-state index < -0.39 is 0 Å². The summed E-state index contributed by atoms with van der Waals surface area (Å²) in [6.45, 7) is 2.14. The second-order valence-corrected chi connectivity index (χ2v) is 6.32. The Kier molecular flexibility index (Phi) is 4.79. The standard InChI is InChI=1S/C19H20N4O3/c24-19(10-17-2-1-9-25-17)22-11-16-5-8-21-23(16)13-18(12-22)26-14-15-3-6-20-7-4-15/h1-9,18H,10-14H2. The van der Waals surface area contributed by atoms with Gasteiger partial charge in [0, 0.05) is 25.1 Å². The van der Waals surface area contributed by atoms with Crippen LogP contribution in [0.5, 0.6) is 0 Å². The largest absolute Gasteiger partial charge is 0.469 e. The van der Waals surface area contributed by atoms with Gasteiger partial charge in [-0.15, -0.1) is 0 Å². The third kappa shape index (κ3) is 3.83. The number of ether oxygens (including phenoxy) is 1. The van der Waals surface area contributed by atoms with Crippen molar-refractivity contribution in [3.63, 3.8) is 0 Å². The van der Waals surface area contributed by atoms with Crippen LogP contribution in [0.15, 0.2) is 59.6 Å². The number of aromatic nitrogens is 3. The molecule has 1 unspecified atom stereocenters. The van der Waals surface area contributed by atoms with E-state index in [9.17, 15) is 4.79 Å². The first-order valence-corrected chi connectivity index (χ1v) is 8.59. The van der Waals surface area contributed by atoms with Gasteiger partial charge < -0.3 is 14.1 Å². The molecule has 7 heteroatoms. The first-order valence-electron chi connectivity index (χ1n) is 8.59. The van der Waals surface area contributed by atoms with Crippen molar-refractivity contribution in [1.29, 1.82) is 0 Å². The van der Waals surface area contributed by atoms with E-state index in [0.717, 1.165) is 11.3 Å². The van der Waals surface area contributed by atoms with Crippen LogP contribution < -0.4 is 0 Å². The summed E-state index contributed by atoms with van der Waals surface area (Å²) < 4.78 is 13.3. The minimum absolute atomic E-state index is 0.0205. The van der Waals surface area contributed by atoms with Crippen LogP contribution in [-0.4, -0.2) is 38.2 Å². The van der Waals surface area contributed by atoms with Crippen molar-refractivity contribution in [2.45, 2.75) is 32.2 Å².